The summed E-state index contributed by atoms with van der Waals surface area (Å²) in [4.78, 5) is 9.14. The molecule has 1 aromatic heterocycles. The summed E-state index contributed by atoms with van der Waals surface area (Å²) >= 11 is 0. The summed E-state index contributed by atoms with van der Waals surface area (Å²) in [6.45, 7) is 7.27. The molecule has 2 aromatic rings. The van der Waals surface area contributed by atoms with Gasteiger partial charge in [0.25, 0.3) is 0 Å². The molecule has 0 unspecified atom stereocenters. The van der Waals surface area contributed by atoms with Gasteiger partial charge in [-0.05, 0) is 49.7 Å². The maximum atomic E-state index is 10.0. The van der Waals surface area contributed by atoms with E-state index >= 15 is 0 Å². The van der Waals surface area contributed by atoms with Gasteiger partial charge >= 0.3 is 0 Å². The summed E-state index contributed by atoms with van der Waals surface area (Å²) in [5.41, 5.74) is 2.35. The molecule has 1 atom stereocenters. The molecular formula is C20H27N3O. The molecule has 0 bridgehead atoms. The second-order valence-electron chi connectivity index (χ2n) is 6.58. The van der Waals surface area contributed by atoms with Crippen molar-refractivity contribution in [3.05, 3.63) is 59.9 Å². The molecule has 4 heteroatoms. The Morgan fingerprint density at radius 2 is 2.00 bits per heavy atom. The van der Waals surface area contributed by atoms with Crippen LogP contribution in [0.3, 0.4) is 0 Å². The van der Waals surface area contributed by atoms with Crippen molar-refractivity contribution in [1.82, 2.24) is 14.8 Å². The molecule has 0 saturated carbocycles. The summed E-state index contributed by atoms with van der Waals surface area (Å²) in [5, 5.41) is 10.0. The van der Waals surface area contributed by atoms with Crippen LogP contribution in [-0.2, 0) is 13.1 Å². The van der Waals surface area contributed by atoms with Gasteiger partial charge in [0.2, 0.25) is 0 Å². The number of phenols is 1. The number of likely N-dealkylation sites (tertiary alicyclic amines) is 1. The normalized spacial score (nSPS) is 18.8. The Morgan fingerprint density at radius 3 is 2.75 bits per heavy atom. The SMILES string of the molecule is CCN(Cc1ccncc1)[C@@H]1CCCN(Cc2ccccc2O)C1. The molecule has 1 N–H and O–H groups in total. The molecule has 24 heavy (non-hydrogen) atoms. The highest BCUT2D eigenvalue weighted by molar-refractivity contribution is 5.31. The van der Waals surface area contributed by atoms with Crippen LogP contribution in [0.1, 0.15) is 30.9 Å². The minimum atomic E-state index is 0.406. The van der Waals surface area contributed by atoms with E-state index in [4.69, 9.17) is 0 Å². The second kappa shape index (κ2) is 8.27. The number of rotatable bonds is 6. The van der Waals surface area contributed by atoms with Crippen molar-refractivity contribution in [2.45, 2.75) is 38.9 Å². The van der Waals surface area contributed by atoms with E-state index in [1.165, 1.54) is 18.4 Å². The van der Waals surface area contributed by atoms with E-state index in [-0.39, 0.29) is 0 Å². The molecule has 0 aliphatic carbocycles. The lowest BCUT2D eigenvalue weighted by molar-refractivity contribution is 0.0913. The van der Waals surface area contributed by atoms with Gasteiger partial charge in [0.05, 0.1) is 0 Å². The standard InChI is InChI=1S/C20H27N3O/c1-2-23(14-17-9-11-21-12-10-17)19-7-5-13-22(16-19)15-18-6-3-4-8-20(18)24/h3-4,6,8-12,19,24H,2,5,7,13-16H2,1H3/t19-/m1/s1. The summed E-state index contributed by atoms with van der Waals surface area (Å²) in [6.07, 6.45) is 6.20. The number of phenolic OH excluding ortho intramolecular Hbond substituents is 1. The van der Waals surface area contributed by atoms with Crippen LogP contribution in [0.4, 0.5) is 0 Å². The number of likely N-dealkylation sites (N-methyl/N-ethyl adjacent to an activating group) is 1. The number of aromatic nitrogens is 1. The monoisotopic (exact) mass is 325 g/mol. The van der Waals surface area contributed by atoms with Crippen molar-refractivity contribution in [3.63, 3.8) is 0 Å². The summed E-state index contributed by atoms with van der Waals surface area (Å²) in [7, 11) is 0. The van der Waals surface area contributed by atoms with E-state index in [9.17, 15) is 5.11 Å². The number of hydrogen-bond donors (Lipinski definition) is 1. The molecule has 1 saturated heterocycles. The summed E-state index contributed by atoms with van der Waals surface area (Å²) in [6, 6.07) is 12.5. The van der Waals surface area contributed by atoms with Gasteiger partial charge in [-0.2, -0.15) is 0 Å². The van der Waals surface area contributed by atoms with E-state index in [1.54, 1.807) is 6.07 Å². The zero-order valence-corrected chi connectivity index (χ0v) is 14.4. The molecule has 1 aromatic carbocycles. The van der Waals surface area contributed by atoms with Gasteiger partial charge in [-0.25, -0.2) is 0 Å². The largest absolute Gasteiger partial charge is 0.508 e. The van der Waals surface area contributed by atoms with Crippen LogP contribution in [0.2, 0.25) is 0 Å². The van der Waals surface area contributed by atoms with Gasteiger partial charge in [0.1, 0.15) is 5.75 Å². The average Bonchev–Trinajstić information content (AvgIpc) is 2.63. The first kappa shape index (κ1) is 16.9. The maximum Gasteiger partial charge on any atom is 0.120 e. The smallest absolute Gasteiger partial charge is 0.120 e. The number of piperidine rings is 1. The Kier molecular flexibility index (Phi) is 5.83. The van der Waals surface area contributed by atoms with E-state index in [1.807, 2.05) is 30.6 Å². The zero-order valence-electron chi connectivity index (χ0n) is 14.4. The van der Waals surface area contributed by atoms with Gasteiger partial charge in [0.15, 0.2) is 0 Å². The number of para-hydroxylation sites is 1. The lowest BCUT2D eigenvalue weighted by atomic mass is 10.0. The van der Waals surface area contributed by atoms with Crippen LogP contribution < -0.4 is 0 Å². The van der Waals surface area contributed by atoms with E-state index in [2.05, 4.69) is 33.8 Å². The van der Waals surface area contributed by atoms with Gasteiger partial charge in [0, 0.05) is 43.6 Å². The number of aromatic hydroxyl groups is 1. The van der Waals surface area contributed by atoms with E-state index in [0.717, 1.165) is 38.3 Å². The van der Waals surface area contributed by atoms with E-state index < -0.39 is 0 Å². The predicted molar refractivity (Wildman–Crippen MR) is 96.7 cm³/mol. The molecule has 0 spiro atoms. The highest BCUT2D eigenvalue weighted by Gasteiger charge is 2.25. The Hall–Kier alpha value is -1.91. The number of pyridine rings is 1. The summed E-state index contributed by atoms with van der Waals surface area (Å²) < 4.78 is 0. The van der Waals surface area contributed by atoms with Crippen LogP contribution in [0.15, 0.2) is 48.8 Å². The topological polar surface area (TPSA) is 39.6 Å². The van der Waals surface area contributed by atoms with Gasteiger partial charge in [-0.15, -0.1) is 0 Å². The first-order chi connectivity index (χ1) is 11.8. The number of benzene rings is 1. The van der Waals surface area contributed by atoms with Crippen LogP contribution in [-0.4, -0.2) is 45.6 Å². The molecule has 0 radical (unpaired) electrons. The van der Waals surface area contributed by atoms with Crippen molar-refractivity contribution in [3.8, 4) is 5.75 Å². The Morgan fingerprint density at radius 1 is 1.21 bits per heavy atom. The fourth-order valence-corrected chi connectivity index (χ4v) is 3.58. The quantitative estimate of drug-likeness (QED) is 0.885. The second-order valence-corrected chi connectivity index (χ2v) is 6.58. The third kappa shape index (κ3) is 4.34. The maximum absolute atomic E-state index is 10.0. The summed E-state index contributed by atoms with van der Waals surface area (Å²) in [5.74, 6) is 0.406. The molecular weight excluding hydrogens is 298 g/mol. The third-order valence-corrected chi connectivity index (χ3v) is 4.92. The van der Waals surface area contributed by atoms with Crippen LogP contribution >= 0.6 is 0 Å². The van der Waals surface area contributed by atoms with Crippen LogP contribution in [0.25, 0.3) is 0 Å². The van der Waals surface area contributed by atoms with E-state index in [0.29, 0.717) is 11.8 Å². The van der Waals surface area contributed by atoms with Crippen molar-refractivity contribution in [2.24, 2.45) is 0 Å². The fourth-order valence-electron chi connectivity index (χ4n) is 3.58. The Bertz CT molecular complexity index is 632. The molecule has 128 valence electrons. The molecule has 1 aliphatic rings. The van der Waals surface area contributed by atoms with Gasteiger partial charge < -0.3 is 5.11 Å². The molecule has 4 nitrogen and oxygen atoms in total. The fraction of sp³-hybridized carbons (Fsp3) is 0.450. The van der Waals surface area contributed by atoms with Gasteiger partial charge in [-0.1, -0.05) is 25.1 Å². The highest BCUT2D eigenvalue weighted by Crippen LogP contribution is 2.23. The number of nitrogens with zero attached hydrogens (tertiary/aromatic N) is 3. The molecule has 0 amide bonds. The lowest BCUT2D eigenvalue weighted by Gasteiger charge is -2.39. The van der Waals surface area contributed by atoms with Crippen LogP contribution in [0, 0.1) is 0 Å². The predicted octanol–water partition coefficient (Wildman–Crippen LogP) is 3.27. The van der Waals surface area contributed by atoms with Crippen molar-refractivity contribution < 1.29 is 5.11 Å². The molecule has 2 heterocycles. The van der Waals surface area contributed by atoms with Crippen molar-refractivity contribution >= 4 is 0 Å². The molecule has 3 rings (SSSR count). The minimum absolute atomic E-state index is 0.406. The lowest BCUT2D eigenvalue weighted by Crippen LogP contribution is -2.47. The average molecular weight is 325 g/mol. The van der Waals surface area contributed by atoms with Crippen LogP contribution in [0.5, 0.6) is 5.75 Å². The number of hydrogen-bond acceptors (Lipinski definition) is 4. The third-order valence-electron chi connectivity index (χ3n) is 4.92. The van der Waals surface area contributed by atoms with Gasteiger partial charge in [-0.3, -0.25) is 14.8 Å². The minimum Gasteiger partial charge on any atom is -0.508 e. The highest BCUT2D eigenvalue weighted by atomic mass is 16.3. The first-order valence-electron chi connectivity index (χ1n) is 8.88. The molecule has 1 fully saturated rings. The zero-order chi connectivity index (χ0) is 16.8. The first-order valence-corrected chi connectivity index (χ1v) is 8.88. The Balaban J connectivity index is 1.62. The van der Waals surface area contributed by atoms with Crippen molar-refractivity contribution in [1.29, 1.82) is 0 Å². The Labute approximate surface area is 144 Å². The molecule has 1 aliphatic heterocycles. The van der Waals surface area contributed by atoms with Crippen molar-refractivity contribution in [2.75, 3.05) is 19.6 Å².